The fourth-order valence-corrected chi connectivity index (χ4v) is 2.24. The Hall–Kier alpha value is -1.36. The molecular weight excluding hydrogens is 242 g/mol. The van der Waals surface area contributed by atoms with E-state index in [1.165, 1.54) is 0 Å². The molecule has 1 fully saturated rings. The average Bonchev–Trinajstić information content (AvgIpc) is 2.72. The molecular formula is C14H25N3O2. The van der Waals surface area contributed by atoms with Crippen molar-refractivity contribution in [3.8, 4) is 0 Å². The third-order valence-corrected chi connectivity index (χ3v) is 3.32. The molecule has 1 saturated heterocycles. The number of hydrogen-bond donors (Lipinski definition) is 1. The second-order valence-electron chi connectivity index (χ2n) is 4.87. The Morgan fingerprint density at radius 3 is 2.26 bits per heavy atom. The van der Waals surface area contributed by atoms with Gasteiger partial charge in [-0.3, -0.25) is 19.9 Å². The van der Waals surface area contributed by atoms with Gasteiger partial charge < -0.3 is 0 Å². The van der Waals surface area contributed by atoms with Crippen molar-refractivity contribution in [3.05, 3.63) is 12.7 Å². The summed E-state index contributed by atoms with van der Waals surface area (Å²) >= 11 is 0. The number of nitrogens with zero attached hydrogens (tertiary/aromatic N) is 2. The van der Waals surface area contributed by atoms with E-state index < -0.39 is 0 Å². The number of unbranched alkanes of at least 4 members (excludes halogenated alkanes) is 2. The number of amides is 3. The number of carbonyl (C=O) groups is 2. The fraction of sp³-hybridized carbons (Fsp3) is 0.714. The number of urea groups is 1. The number of hydrogen-bond acceptors (Lipinski definition) is 3. The van der Waals surface area contributed by atoms with Gasteiger partial charge in [0.2, 0.25) is 5.91 Å². The molecule has 1 aliphatic rings. The lowest BCUT2D eigenvalue weighted by Gasteiger charge is -2.34. The van der Waals surface area contributed by atoms with Crippen LogP contribution >= 0.6 is 0 Å². The van der Waals surface area contributed by atoms with Crippen LogP contribution in [0.25, 0.3) is 0 Å². The van der Waals surface area contributed by atoms with E-state index in [-0.39, 0.29) is 24.6 Å². The molecule has 0 aromatic heterocycles. The van der Waals surface area contributed by atoms with Crippen LogP contribution in [-0.2, 0) is 4.79 Å². The number of nitrogens with one attached hydrogen (secondary N) is 1. The molecule has 1 heterocycles. The van der Waals surface area contributed by atoms with Crippen LogP contribution in [0, 0.1) is 0 Å². The standard InChI is InChI=1S/C14H25N3O2/c1-4-7-9-16(10-8-5-2)13(6-3)17-11-12(18)15-14(17)19/h6,13H,3-5,7-11H2,1-2H3,(H,15,18,19). The van der Waals surface area contributed by atoms with E-state index in [0.29, 0.717) is 0 Å². The second kappa shape index (κ2) is 7.94. The molecule has 5 nitrogen and oxygen atoms in total. The summed E-state index contributed by atoms with van der Waals surface area (Å²) in [5.74, 6) is -0.234. The summed E-state index contributed by atoms with van der Waals surface area (Å²) < 4.78 is 0. The lowest BCUT2D eigenvalue weighted by molar-refractivity contribution is -0.118. The largest absolute Gasteiger partial charge is 0.326 e. The van der Waals surface area contributed by atoms with Gasteiger partial charge in [-0.15, -0.1) is 0 Å². The molecule has 1 aliphatic heterocycles. The lowest BCUT2D eigenvalue weighted by Crippen LogP contribution is -2.49. The Bertz CT molecular complexity index is 323. The average molecular weight is 267 g/mol. The highest BCUT2D eigenvalue weighted by Gasteiger charge is 2.33. The first kappa shape index (κ1) is 15.7. The second-order valence-corrected chi connectivity index (χ2v) is 4.87. The van der Waals surface area contributed by atoms with Crippen molar-refractivity contribution in [1.29, 1.82) is 0 Å². The summed E-state index contributed by atoms with van der Waals surface area (Å²) in [5, 5.41) is 2.32. The molecule has 108 valence electrons. The molecule has 1 N–H and O–H groups in total. The molecule has 0 saturated carbocycles. The quantitative estimate of drug-likeness (QED) is 0.513. The van der Waals surface area contributed by atoms with Gasteiger partial charge in [0.05, 0.1) is 0 Å². The first-order chi connectivity index (χ1) is 9.13. The van der Waals surface area contributed by atoms with Gasteiger partial charge in [0, 0.05) is 13.1 Å². The molecule has 1 atom stereocenters. The summed E-state index contributed by atoms with van der Waals surface area (Å²) in [6, 6.07) is -0.312. The first-order valence-electron chi connectivity index (χ1n) is 7.11. The normalized spacial score (nSPS) is 16.9. The number of imide groups is 1. The van der Waals surface area contributed by atoms with Gasteiger partial charge in [0.1, 0.15) is 12.7 Å². The van der Waals surface area contributed by atoms with Gasteiger partial charge in [-0.2, -0.15) is 0 Å². The van der Waals surface area contributed by atoms with Crippen molar-refractivity contribution in [3.63, 3.8) is 0 Å². The Labute approximate surface area is 115 Å². The predicted molar refractivity (Wildman–Crippen MR) is 75.6 cm³/mol. The summed E-state index contributed by atoms with van der Waals surface area (Å²) in [4.78, 5) is 26.9. The van der Waals surface area contributed by atoms with E-state index in [9.17, 15) is 9.59 Å². The topological polar surface area (TPSA) is 52.6 Å². The van der Waals surface area contributed by atoms with Crippen molar-refractivity contribution >= 4 is 11.9 Å². The fourth-order valence-electron chi connectivity index (χ4n) is 2.24. The highest BCUT2D eigenvalue weighted by Crippen LogP contribution is 2.13. The minimum Gasteiger partial charge on any atom is -0.296 e. The van der Waals surface area contributed by atoms with Crippen molar-refractivity contribution in [2.75, 3.05) is 19.6 Å². The Balaban J connectivity index is 2.73. The van der Waals surface area contributed by atoms with Crippen LogP contribution in [0.5, 0.6) is 0 Å². The van der Waals surface area contributed by atoms with Crippen LogP contribution in [0.4, 0.5) is 4.79 Å². The number of carbonyl (C=O) groups excluding carboxylic acids is 2. The predicted octanol–water partition coefficient (Wildman–Crippen LogP) is 1.95. The van der Waals surface area contributed by atoms with Crippen LogP contribution < -0.4 is 5.32 Å². The van der Waals surface area contributed by atoms with Gasteiger partial charge in [-0.1, -0.05) is 39.3 Å². The van der Waals surface area contributed by atoms with Crippen molar-refractivity contribution in [2.24, 2.45) is 0 Å². The molecule has 0 bridgehead atoms. The van der Waals surface area contributed by atoms with Gasteiger partial charge >= 0.3 is 6.03 Å². The van der Waals surface area contributed by atoms with Crippen LogP contribution in [0.2, 0.25) is 0 Å². The maximum absolute atomic E-state index is 11.8. The van der Waals surface area contributed by atoms with E-state index in [1.54, 1.807) is 11.0 Å². The molecule has 3 amide bonds. The maximum atomic E-state index is 11.8. The van der Waals surface area contributed by atoms with Gasteiger partial charge in [-0.05, 0) is 12.8 Å². The van der Waals surface area contributed by atoms with E-state index in [2.05, 4.69) is 30.6 Å². The van der Waals surface area contributed by atoms with Crippen molar-refractivity contribution < 1.29 is 9.59 Å². The zero-order valence-corrected chi connectivity index (χ0v) is 12.0. The monoisotopic (exact) mass is 267 g/mol. The summed E-state index contributed by atoms with van der Waals surface area (Å²) in [6.45, 7) is 10.1. The summed E-state index contributed by atoms with van der Waals surface area (Å²) in [5.41, 5.74) is 0. The highest BCUT2D eigenvalue weighted by molar-refractivity contribution is 6.02. The Kier molecular flexibility index (Phi) is 6.56. The minimum absolute atomic E-state index is 0.129. The molecule has 0 radical (unpaired) electrons. The zero-order chi connectivity index (χ0) is 14.3. The van der Waals surface area contributed by atoms with Crippen LogP contribution in [-0.4, -0.2) is 47.5 Å². The lowest BCUT2D eigenvalue weighted by atomic mass is 10.2. The van der Waals surface area contributed by atoms with E-state index >= 15 is 0 Å². The Morgan fingerprint density at radius 2 is 1.89 bits per heavy atom. The highest BCUT2D eigenvalue weighted by atomic mass is 16.2. The van der Waals surface area contributed by atoms with Crippen molar-refractivity contribution in [2.45, 2.75) is 45.7 Å². The third-order valence-electron chi connectivity index (χ3n) is 3.32. The first-order valence-corrected chi connectivity index (χ1v) is 7.11. The van der Waals surface area contributed by atoms with Crippen LogP contribution in [0.3, 0.4) is 0 Å². The smallest absolute Gasteiger partial charge is 0.296 e. The SMILES string of the molecule is C=CC(N(CCCC)CCCC)N1CC(=O)NC1=O. The summed E-state index contributed by atoms with van der Waals surface area (Å²) in [6.07, 6.45) is 5.94. The maximum Gasteiger partial charge on any atom is 0.326 e. The zero-order valence-electron chi connectivity index (χ0n) is 12.0. The van der Waals surface area contributed by atoms with Crippen LogP contribution in [0.15, 0.2) is 12.7 Å². The molecule has 0 aliphatic carbocycles. The third kappa shape index (κ3) is 4.35. The molecule has 1 rings (SSSR count). The van der Waals surface area contributed by atoms with Gasteiger partial charge in [-0.25, -0.2) is 4.79 Å². The van der Waals surface area contributed by atoms with E-state index in [1.807, 2.05) is 0 Å². The molecule has 0 aromatic rings. The van der Waals surface area contributed by atoms with Crippen LogP contribution in [0.1, 0.15) is 39.5 Å². The Morgan fingerprint density at radius 1 is 1.32 bits per heavy atom. The molecule has 0 aromatic carbocycles. The van der Waals surface area contributed by atoms with E-state index in [0.717, 1.165) is 38.8 Å². The van der Waals surface area contributed by atoms with Gasteiger partial charge in [0.25, 0.3) is 0 Å². The number of rotatable bonds is 9. The molecule has 5 heteroatoms. The molecule has 1 unspecified atom stereocenters. The molecule has 0 spiro atoms. The molecule has 19 heavy (non-hydrogen) atoms. The van der Waals surface area contributed by atoms with Gasteiger partial charge in [0.15, 0.2) is 0 Å². The van der Waals surface area contributed by atoms with E-state index in [4.69, 9.17) is 0 Å². The summed E-state index contributed by atoms with van der Waals surface area (Å²) in [7, 11) is 0. The minimum atomic E-state index is -0.312. The van der Waals surface area contributed by atoms with Crippen molar-refractivity contribution in [1.82, 2.24) is 15.1 Å².